The molecule has 6 aromatic carbocycles. The van der Waals surface area contributed by atoms with E-state index in [0.717, 1.165) is 60.6 Å². The number of aromatic nitrogens is 3. The maximum atomic E-state index is 6.40. The predicted octanol–water partition coefficient (Wildman–Crippen LogP) is 11.0. The highest BCUT2D eigenvalue weighted by molar-refractivity contribution is 7.25. The second-order valence-corrected chi connectivity index (χ2v) is 12.3. The molecule has 0 fully saturated rings. The molecule has 0 aliphatic carbocycles. The van der Waals surface area contributed by atoms with Crippen LogP contribution in [-0.4, -0.2) is 15.0 Å². The fourth-order valence-corrected chi connectivity index (χ4v) is 7.44. The van der Waals surface area contributed by atoms with Gasteiger partial charge in [0, 0.05) is 64.5 Å². The van der Waals surface area contributed by atoms with Crippen LogP contribution in [0.15, 0.2) is 136 Å². The maximum Gasteiger partial charge on any atom is 0.164 e. The van der Waals surface area contributed by atoms with E-state index in [1.807, 2.05) is 60.7 Å². The number of rotatable bonds is 3. The van der Waals surface area contributed by atoms with Crippen LogP contribution >= 0.6 is 11.3 Å². The molecule has 4 aromatic heterocycles. The van der Waals surface area contributed by atoms with E-state index in [-0.39, 0.29) is 0 Å². The van der Waals surface area contributed by atoms with Crippen LogP contribution in [0.1, 0.15) is 0 Å². The molecule has 0 amide bonds. The molecule has 4 heterocycles. The minimum Gasteiger partial charge on any atom is -0.456 e. The van der Waals surface area contributed by atoms with Crippen LogP contribution in [0.5, 0.6) is 0 Å². The average Bonchev–Trinajstić information content (AvgIpc) is 3.77. The molecule has 45 heavy (non-hydrogen) atoms. The highest BCUT2D eigenvalue weighted by Gasteiger charge is 2.17. The van der Waals surface area contributed by atoms with Gasteiger partial charge in [-0.3, -0.25) is 0 Å². The van der Waals surface area contributed by atoms with Crippen molar-refractivity contribution in [3.8, 4) is 34.2 Å². The van der Waals surface area contributed by atoms with Crippen molar-refractivity contribution < 1.29 is 8.83 Å². The van der Waals surface area contributed by atoms with Crippen molar-refractivity contribution in [2.75, 3.05) is 0 Å². The fourth-order valence-electron chi connectivity index (χ4n) is 6.35. The standard InChI is InChI=1S/C39H21N3O2S/c1-2-8-22(9-3-1)37-40-38(23-15-17-36-30(18-23)27-11-5-7-13-35(27)45-36)42-39(41-37)24-14-16-26-29-20-28-25-10-4-6-12-31(25)43-33(28)21-34(29)44-32(26)19-24/h1-21H. The Morgan fingerprint density at radius 2 is 0.933 bits per heavy atom. The van der Waals surface area contributed by atoms with Crippen molar-refractivity contribution in [1.29, 1.82) is 0 Å². The molecule has 0 saturated heterocycles. The molecular weight excluding hydrogens is 575 g/mol. The summed E-state index contributed by atoms with van der Waals surface area (Å²) in [6.45, 7) is 0. The maximum absolute atomic E-state index is 6.40. The van der Waals surface area contributed by atoms with Crippen LogP contribution in [0, 0.1) is 0 Å². The Kier molecular flexibility index (Phi) is 5.09. The summed E-state index contributed by atoms with van der Waals surface area (Å²) in [5.41, 5.74) is 5.99. The van der Waals surface area contributed by atoms with E-state index in [1.54, 1.807) is 11.3 Å². The lowest BCUT2D eigenvalue weighted by atomic mass is 10.1. The number of benzene rings is 6. The molecule has 0 spiro atoms. The van der Waals surface area contributed by atoms with Crippen molar-refractivity contribution in [3.63, 3.8) is 0 Å². The van der Waals surface area contributed by atoms with Crippen molar-refractivity contribution in [1.82, 2.24) is 15.0 Å². The van der Waals surface area contributed by atoms with E-state index in [9.17, 15) is 0 Å². The number of nitrogens with zero attached hydrogens (tertiary/aromatic N) is 3. The summed E-state index contributed by atoms with van der Waals surface area (Å²) in [6.07, 6.45) is 0. The summed E-state index contributed by atoms with van der Waals surface area (Å²) >= 11 is 1.80. The van der Waals surface area contributed by atoms with Gasteiger partial charge in [0.05, 0.1) is 0 Å². The third-order valence-electron chi connectivity index (χ3n) is 8.53. The SMILES string of the molecule is c1ccc(-c2nc(-c3ccc4c(c3)oc3cc5oc6ccccc6c5cc34)nc(-c3ccc4sc5ccccc5c4c3)n2)cc1. The summed E-state index contributed by atoms with van der Waals surface area (Å²) in [6, 6.07) is 43.5. The molecule has 10 rings (SSSR count). The Hall–Kier alpha value is -5.85. The van der Waals surface area contributed by atoms with Crippen LogP contribution in [0.4, 0.5) is 0 Å². The van der Waals surface area contributed by atoms with Gasteiger partial charge in [-0.05, 0) is 48.5 Å². The van der Waals surface area contributed by atoms with Gasteiger partial charge in [0.1, 0.15) is 22.3 Å². The molecule has 0 bridgehead atoms. The zero-order valence-electron chi connectivity index (χ0n) is 23.7. The van der Waals surface area contributed by atoms with Gasteiger partial charge in [-0.25, -0.2) is 15.0 Å². The second-order valence-electron chi connectivity index (χ2n) is 11.2. The van der Waals surface area contributed by atoms with Gasteiger partial charge in [0.15, 0.2) is 17.5 Å². The van der Waals surface area contributed by atoms with Gasteiger partial charge in [-0.2, -0.15) is 0 Å². The minimum atomic E-state index is 0.594. The smallest absolute Gasteiger partial charge is 0.164 e. The first-order chi connectivity index (χ1) is 22.2. The summed E-state index contributed by atoms with van der Waals surface area (Å²) < 4.78 is 15.0. The molecule has 0 radical (unpaired) electrons. The quantitative estimate of drug-likeness (QED) is 0.203. The van der Waals surface area contributed by atoms with Crippen molar-refractivity contribution in [2.24, 2.45) is 0 Å². The zero-order valence-corrected chi connectivity index (χ0v) is 24.5. The Labute approximate surface area is 260 Å². The lowest BCUT2D eigenvalue weighted by Crippen LogP contribution is -2.00. The van der Waals surface area contributed by atoms with Crippen molar-refractivity contribution >= 4 is 75.4 Å². The fraction of sp³-hybridized carbons (Fsp3) is 0. The Balaban J connectivity index is 1.15. The largest absolute Gasteiger partial charge is 0.456 e. The van der Waals surface area contributed by atoms with Crippen LogP contribution in [-0.2, 0) is 0 Å². The Morgan fingerprint density at radius 3 is 1.76 bits per heavy atom. The van der Waals surface area contributed by atoms with Crippen LogP contribution in [0.2, 0.25) is 0 Å². The minimum absolute atomic E-state index is 0.594. The topological polar surface area (TPSA) is 65.0 Å². The van der Waals surface area contributed by atoms with Crippen LogP contribution in [0.25, 0.3) is 98.2 Å². The first kappa shape index (κ1) is 24.6. The monoisotopic (exact) mass is 595 g/mol. The van der Waals surface area contributed by atoms with E-state index >= 15 is 0 Å². The molecule has 10 aromatic rings. The van der Waals surface area contributed by atoms with Gasteiger partial charge in [0.2, 0.25) is 0 Å². The molecule has 0 unspecified atom stereocenters. The second kappa shape index (κ2) is 9.32. The number of hydrogen-bond acceptors (Lipinski definition) is 6. The molecular formula is C39H21N3O2S. The summed E-state index contributed by atoms with van der Waals surface area (Å²) in [4.78, 5) is 14.9. The van der Waals surface area contributed by atoms with Gasteiger partial charge in [-0.1, -0.05) is 72.8 Å². The number of para-hydroxylation sites is 1. The average molecular weight is 596 g/mol. The zero-order chi connectivity index (χ0) is 29.5. The summed E-state index contributed by atoms with van der Waals surface area (Å²) in [5, 5.41) is 6.71. The van der Waals surface area contributed by atoms with Gasteiger partial charge in [0.25, 0.3) is 0 Å². The van der Waals surface area contributed by atoms with Crippen LogP contribution < -0.4 is 0 Å². The van der Waals surface area contributed by atoms with E-state index in [0.29, 0.717) is 17.5 Å². The number of fused-ring (bicyclic) bond motifs is 9. The highest BCUT2D eigenvalue weighted by Crippen LogP contribution is 2.39. The van der Waals surface area contributed by atoms with Gasteiger partial charge in [-0.15, -0.1) is 11.3 Å². The van der Waals surface area contributed by atoms with Crippen molar-refractivity contribution in [2.45, 2.75) is 0 Å². The number of hydrogen-bond donors (Lipinski definition) is 0. The number of thiophene rings is 1. The lowest BCUT2D eigenvalue weighted by molar-refractivity contribution is 0.656. The molecule has 5 nitrogen and oxygen atoms in total. The molecule has 0 saturated carbocycles. The predicted molar refractivity (Wildman–Crippen MR) is 184 cm³/mol. The van der Waals surface area contributed by atoms with E-state index in [1.165, 1.54) is 20.2 Å². The molecule has 0 aliphatic rings. The first-order valence-electron chi connectivity index (χ1n) is 14.8. The summed E-state index contributed by atoms with van der Waals surface area (Å²) in [7, 11) is 0. The Morgan fingerprint density at radius 1 is 0.356 bits per heavy atom. The molecule has 0 N–H and O–H groups in total. The van der Waals surface area contributed by atoms with E-state index in [2.05, 4.69) is 66.7 Å². The number of furan rings is 2. The molecule has 0 atom stereocenters. The molecule has 0 aliphatic heterocycles. The Bertz CT molecular complexity index is 2770. The molecule has 210 valence electrons. The lowest BCUT2D eigenvalue weighted by Gasteiger charge is -2.08. The molecule has 6 heteroatoms. The van der Waals surface area contributed by atoms with E-state index < -0.39 is 0 Å². The summed E-state index contributed by atoms with van der Waals surface area (Å²) in [5.74, 6) is 1.85. The van der Waals surface area contributed by atoms with Gasteiger partial charge < -0.3 is 8.83 Å². The van der Waals surface area contributed by atoms with Crippen LogP contribution in [0.3, 0.4) is 0 Å². The van der Waals surface area contributed by atoms with Crippen molar-refractivity contribution in [3.05, 3.63) is 127 Å². The first-order valence-corrected chi connectivity index (χ1v) is 15.6. The normalized spacial score (nSPS) is 12.0. The van der Waals surface area contributed by atoms with E-state index in [4.69, 9.17) is 23.8 Å². The third kappa shape index (κ3) is 3.83. The van der Waals surface area contributed by atoms with Gasteiger partial charge >= 0.3 is 0 Å². The third-order valence-corrected chi connectivity index (χ3v) is 9.68. The highest BCUT2D eigenvalue weighted by atomic mass is 32.1.